The predicted molar refractivity (Wildman–Crippen MR) is 47.2 cm³/mol. The number of hydrogen-bond donors (Lipinski definition) is 0. The number of rotatable bonds is 0. The van der Waals surface area contributed by atoms with E-state index >= 15 is 0 Å². The molecule has 2 aromatic heterocycles. The van der Waals surface area contributed by atoms with Crippen LogP contribution in [0.4, 0.5) is 0 Å². The van der Waals surface area contributed by atoms with Crippen LogP contribution in [-0.2, 0) is 0 Å². The highest BCUT2D eigenvalue weighted by Crippen LogP contribution is 2.09. The molecule has 0 atom stereocenters. The van der Waals surface area contributed by atoms with Crippen molar-refractivity contribution >= 4 is 5.65 Å². The summed E-state index contributed by atoms with van der Waals surface area (Å²) in [6.45, 7) is 6.02. The molecular weight excluding hydrogens is 150 g/mol. The van der Waals surface area contributed by atoms with Gasteiger partial charge in [0.2, 0.25) is 0 Å². The van der Waals surface area contributed by atoms with E-state index in [1.54, 1.807) is 0 Å². The first-order valence-corrected chi connectivity index (χ1v) is 3.97. The van der Waals surface area contributed by atoms with Gasteiger partial charge in [0.15, 0.2) is 5.65 Å². The molecule has 0 fully saturated rings. The topological polar surface area (TPSA) is 30.2 Å². The molecule has 0 saturated heterocycles. The van der Waals surface area contributed by atoms with Crippen molar-refractivity contribution in [2.75, 3.05) is 0 Å². The van der Waals surface area contributed by atoms with Gasteiger partial charge in [0.25, 0.3) is 0 Å². The molecule has 0 bridgehead atoms. The van der Waals surface area contributed by atoms with Gasteiger partial charge >= 0.3 is 0 Å². The van der Waals surface area contributed by atoms with E-state index in [2.05, 4.69) is 30.0 Å². The number of pyridine rings is 1. The second-order valence-electron chi connectivity index (χ2n) is 3.13. The van der Waals surface area contributed by atoms with E-state index < -0.39 is 0 Å². The molecule has 0 unspecified atom stereocenters. The molecule has 2 heterocycles. The highest BCUT2D eigenvalue weighted by molar-refractivity contribution is 5.47. The predicted octanol–water partition coefficient (Wildman–Crippen LogP) is 1.65. The average molecular weight is 161 g/mol. The molecule has 0 radical (unpaired) electrons. The largest absolute Gasteiger partial charge is 0.220 e. The van der Waals surface area contributed by atoms with Gasteiger partial charge in [-0.05, 0) is 31.9 Å². The van der Waals surface area contributed by atoms with Crippen molar-refractivity contribution in [1.29, 1.82) is 0 Å². The van der Waals surface area contributed by atoms with Crippen molar-refractivity contribution in [3.63, 3.8) is 0 Å². The summed E-state index contributed by atoms with van der Waals surface area (Å²) in [5.74, 6) is 0.823. The van der Waals surface area contributed by atoms with E-state index in [1.165, 1.54) is 11.1 Å². The molecular formula is C9H11N3. The van der Waals surface area contributed by atoms with Crippen LogP contribution in [0.3, 0.4) is 0 Å². The zero-order valence-corrected chi connectivity index (χ0v) is 7.50. The van der Waals surface area contributed by atoms with E-state index in [9.17, 15) is 0 Å². The standard InChI is InChI=1S/C9H11N3/c1-6-4-7(2)9-10-8(3)11-12(9)5-6/h4-5H,1-3H3. The Morgan fingerprint density at radius 2 is 2.00 bits per heavy atom. The molecule has 62 valence electrons. The maximum atomic E-state index is 4.31. The number of nitrogens with zero attached hydrogens (tertiary/aromatic N) is 3. The summed E-state index contributed by atoms with van der Waals surface area (Å²) in [6.07, 6.45) is 1.99. The van der Waals surface area contributed by atoms with Gasteiger partial charge in [0.1, 0.15) is 5.82 Å². The third-order valence-electron chi connectivity index (χ3n) is 1.86. The molecule has 0 aliphatic heterocycles. The zero-order chi connectivity index (χ0) is 8.72. The minimum Gasteiger partial charge on any atom is -0.220 e. The lowest BCUT2D eigenvalue weighted by Gasteiger charge is -1.97. The van der Waals surface area contributed by atoms with Crippen LogP contribution in [0.1, 0.15) is 17.0 Å². The van der Waals surface area contributed by atoms with Gasteiger partial charge in [-0.15, -0.1) is 0 Å². The third kappa shape index (κ3) is 0.978. The van der Waals surface area contributed by atoms with Crippen LogP contribution in [0.25, 0.3) is 5.65 Å². The van der Waals surface area contributed by atoms with Gasteiger partial charge in [-0.2, -0.15) is 5.10 Å². The summed E-state index contributed by atoms with van der Waals surface area (Å²) in [7, 11) is 0. The summed E-state index contributed by atoms with van der Waals surface area (Å²) in [6, 6.07) is 2.11. The van der Waals surface area contributed by atoms with Crippen LogP contribution in [0, 0.1) is 20.8 Å². The fraction of sp³-hybridized carbons (Fsp3) is 0.333. The number of aryl methyl sites for hydroxylation is 3. The van der Waals surface area contributed by atoms with Gasteiger partial charge in [-0.1, -0.05) is 6.07 Å². The van der Waals surface area contributed by atoms with Crippen molar-refractivity contribution in [2.24, 2.45) is 0 Å². The second kappa shape index (κ2) is 2.30. The second-order valence-corrected chi connectivity index (χ2v) is 3.13. The van der Waals surface area contributed by atoms with E-state index in [-0.39, 0.29) is 0 Å². The summed E-state index contributed by atoms with van der Waals surface area (Å²) in [4.78, 5) is 4.31. The molecule has 0 spiro atoms. The van der Waals surface area contributed by atoms with Gasteiger partial charge in [-0.25, -0.2) is 9.50 Å². The Kier molecular flexibility index (Phi) is 1.40. The van der Waals surface area contributed by atoms with Gasteiger partial charge < -0.3 is 0 Å². The van der Waals surface area contributed by atoms with E-state index in [4.69, 9.17) is 0 Å². The molecule has 0 N–H and O–H groups in total. The fourth-order valence-electron chi connectivity index (χ4n) is 1.43. The minimum atomic E-state index is 0.823. The molecule has 0 aliphatic carbocycles. The first kappa shape index (κ1) is 7.28. The Bertz CT molecular complexity index is 429. The molecule has 0 amide bonds. The van der Waals surface area contributed by atoms with Crippen molar-refractivity contribution in [3.05, 3.63) is 29.2 Å². The molecule has 3 heteroatoms. The highest BCUT2D eigenvalue weighted by Gasteiger charge is 2.01. The quantitative estimate of drug-likeness (QED) is 0.588. The van der Waals surface area contributed by atoms with E-state index in [0.29, 0.717) is 0 Å². The summed E-state index contributed by atoms with van der Waals surface area (Å²) >= 11 is 0. The summed E-state index contributed by atoms with van der Waals surface area (Å²) in [5.41, 5.74) is 3.35. The lowest BCUT2D eigenvalue weighted by atomic mass is 10.2. The molecule has 3 nitrogen and oxygen atoms in total. The van der Waals surface area contributed by atoms with Gasteiger partial charge in [0, 0.05) is 6.20 Å². The first-order valence-electron chi connectivity index (χ1n) is 3.97. The molecule has 2 rings (SSSR count). The lowest BCUT2D eigenvalue weighted by molar-refractivity contribution is 0.920. The van der Waals surface area contributed by atoms with Gasteiger partial charge in [-0.3, -0.25) is 0 Å². The smallest absolute Gasteiger partial charge is 0.158 e. The molecule has 0 aromatic carbocycles. The van der Waals surface area contributed by atoms with Crippen molar-refractivity contribution in [2.45, 2.75) is 20.8 Å². The van der Waals surface area contributed by atoms with E-state index in [0.717, 1.165) is 11.5 Å². The Hall–Kier alpha value is -1.38. The van der Waals surface area contributed by atoms with Crippen LogP contribution in [0.15, 0.2) is 12.3 Å². The molecule has 0 saturated carbocycles. The normalized spacial score (nSPS) is 10.9. The Morgan fingerprint density at radius 3 is 2.75 bits per heavy atom. The van der Waals surface area contributed by atoms with Crippen LogP contribution in [0.2, 0.25) is 0 Å². The maximum absolute atomic E-state index is 4.31. The summed E-state index contributed by atoms with van der Waals surface area (Å²) in [5, 5.41) is 4.24. The Labute approximate surface area is 71.1 Å². The zero-order valence-electron chi connectivity index (χ0n) is 7.50. The van der Waals surface area contributed by atoms with Crippen LogP contribution >= 0.6 is 0 Å². The Morgan fingerprint density at radius 1 is 1.25 bits per heavy atom. The average Bonchev–Trinajstić information content (AvgIpc) is 2.29. The minimum absolute atomic E-state index is 0.823. The summed E-state index contributed by atoms with van der Waals surface area (Å²) < 4.78 is 1.83. The van der Waals surface area contributed by atoms with Crippen molar-refractivity contribution in [3.8, 4) is 0 Å². The van der Waals surface area contributed by atoms with Crippen molar-refractivity contribution in [1.82, 2.24) is 14.6 Å². The van der Waals surface area contributed by atoms with Gasteiger partial charge in [0.05, 0.1) is 0 Å². The number of fused-ring (bicyclic) bond motifs is 1. The van der Waals surface area contributed by atoms with E-state index in [1.807, 2.05) is 17.6 Å². The fourth-order valence-corrected chi connectivity index (χ4v) is 1.43. The van der Waals surface area contributed by atoms with Crippen LogP contribution in [0.5, 0.6) is 0 Å². The SMILES string of the molecule is Cc1cc(C)c2nc(C)nn2c1. The highest BCUT2D eigenvalue weighted by atomic mass is 15.3. The maximum Gasteiger partial charge on any atom is 0.158 e. The first-order chi connectivity index (χ1) is 5.66. The van der Waals surface area contributed by atoms with Crippen LogP contribution in [-0.4, -0.2) is 14.6 Å². The third-order valence-corrected chi connectivity index (χ3v) is 1.86. The molecule has 0 aliphatic rings. The lowest BCUT2D eigenvalue weighted by Crippen LogP contribution is -1.91. The Balaban J connectivity index is 2.88. The number of hydrogen-bond acceptors (Lipinski definition) is 2. The van der Waals surface area contributed by atoms with Crippen molar-refractivity contribution < 1.29 is 0 Å². The monoisotopic (exact) mass is 161 g/mol. The number of aromatic nitrogens is 3. The molecule has 2 aromatic rings. The molecule has 12 heavy (non-hydrogen) atoms. The van der Waals surface area contributed by atoms with Crippen LogP contribution < -0.4 is 0 Å².